The topological polar surface area (TPSA) is 61.4 Å². The van der Waals surface area contributed by atoms with Crippen LogP contribution in [-0.2, 0) is 11.0 Å². The third-order valence-corrected chi connectivity index (χ3v) is 4.69. The number of rotatable bonds is 5. The second-order valence-corrected chi connectivity index (χ2v) is 6.58. The van der Waals surface area contributed by atoms with Gasteiger partial charge in [-0.1, -0.05) is 0 Å². The first-order chi connectivity index (χ1) is 12.2. The first-order valence-corrected chi connectivity index (χ1v) is 8.64. The van der Waals surface area contributed by atoms with Crippen LogP contribution in [0.25, 0.3) is 0 Å². The number of amides is 2. The van der Waals surface area contributed by atoms with Crippen molar-refractivity contribution in [3.63, 3.8) is 0 Å². The molecule has 1 atom stereocenters. The van der Waals surface area contributed by atoms with Gasteiger partial charge in [0.25, 0.3) is 5.91 Å². The number of hydrogen-bond acceptors (Lipinski definition) is 3. The van der Waals surface area contributed by atoms with Crippen LogP contribution >= 0.6 is 12.4 Å². The molecule has 1 aliphatic rings. The summed E-state index contributed by atoms with van der Waals surface area (Å²) in [6.07, 6.45) is -3.32. The van der Waals surface area contributed by atoms with E-state index in [0.717, 1.165) is 12.1 Å². The summed E-state index contributed by atoms with van der Waals surface area (Å²) in [5.41, 5.74) is -0.552. The Hall–Kier alpha value is -1.80. The lowest BCUT2D eigenvalue weighted by molar-refractivity contribution is -0.137. The number of hydrogen-bond donors (Lipinski definition) is 2. The Morgan fingerprint density at radius 2 is 1.74 bits per heavy atom. The molecule has 0 radical (unpaired) electrons. The minimum atomic E-state index is -4.42. The van der Waals surface area contributed by atoms with Crippen molar-refractivity contribution in [3.05, 3.63) is 35.4 Å². The number of carbonyl (C=O) groups excluding carboxylic acids is 2. The van der Waals surface area contributed by atoms with Crippen molar-refractivity contribution in [3.8, 4) is 0 Å². The lowest BCUT2D eigenvalue weighted by atomic mass is 9.95. The van der Waals surface area contributed by atoms with Gasteiger partial charge in [-0.05, 0) is 51.1 Å². The fourth-order valence-corrected chi connectivity index (χ4v) is 2.83. The van der Waals surface area contributed by atoms with Gasteiger partial charge in [-0.2, -0.15) is 13.2 Å². The molecule has 1 aromatic rings. The van der Waals surface area contributed by atoms with E-state index < -0.39 is 11.7 Å². The second kappa shape index (κ2) is 9.94. The average molecular weight is 408 g/mol. The Morgan fingerprint density at radius 1 is 1.19 bits per heavy atom. The Kier molecular flexibility index (Phi) is 8.56. The molecular weight excluding hydrogens is 383 g/mol. The number of alkyl halides is 3. The van der Waals surface area contributed by atoms with Crippen molar-refractivity contribution in [2.24, 2.45) is 5.92 Å². The smallest absolute Gasteiger partial charge is 0.354 e. The van der Waals surface area contributed by atoms with Crippen molar-refractivity contribution < 1.29 is 22.8 Å². The molecule has 0 aromatic heterocycles. The van der Waals surface area contributed by atoms with E-state index in [0.29, 0.717) is 32.5 Å². The molecule has 1 aromatic carbocycles. The Balaban J connectivity index is 0.00000364. The van der Waals surface area contributed by atoms with Crippen LogP contribution in [0.3, 0.4) is 0 Å². The van der Waals surface area contributed by atoms with Gasteiger partial charge in [-0.15, -0.1) is 12.4 Å². The molecule has 1 aliphatic heterocycles. The highest BCUT2D eigenvalue weighted by Crippen LogP contribution is 2.29. The molecule has 2 amide bonds. The number of carbonyl (C=O) groups is 2. The average Bonchev–Trinajstić information content (AvgIpc) is 2.64. The van der Waals surface area contributed by atoms with Gasteiger partial charge in [0.15, 0.2) is 0 Å². The van der Waals surface area contributed by atoms with E-state index >= 15 is 0 Å². The third kappa shape index (κ3) is 6.39. The van der Waals surface area contributed by atoms with Crippen LogP contribution < -0.4 is 10.6 Å². The van der Waals surface area contributed by atoms with Gasteiger partial charge in [0.05, 0.1) is 5.56 Å². The molecule has 1 saturated heterocycles. The van der Waals surface area contributed by atoms with Crippen molar-refractivity contribution in [1.82, 2.24) is 15.5 Å². The highest BCUT2D eigenvalue weighted by molar-refractivity contribution is 5.94. The van der Waals surface area contributed by atoms with E-state index in [1.807, 2.05) is 14.0 Å². The summed E-state index contributed by atoms with van der Waals surface area (Å²) in [4.78, 5) is 26.2. The van der Waals surface area contributed by atoms with Gasteiger partial charge >= 0.3 is 6.18 Å². The zero-order valence-corrected chi connectivity index (χ0v) is 16.1. The Morgan fingerprint density at radius 3 is 2.22 bits per heavy atom. The second-order valence-electron chi connectivity index (χ2n) is 6.58. The highest BCUT2D eigenvalue weighted by atomic mass is 35.5. The van der Waals surface area contributed by atoms with Crippen LogP contribution in [-0.4, -0.2) is 49.4 Å². The van der Waals surface area contributed by atoms with Gasteiger partial charge in [-0.3, -0.25) is 9.59 Å². The minimum absolute atomic E-state index is 0. The molecule has 1 fully saturated rings. The van der Waals surface area contributed by atoms with Crippen LogP contribution in [0.5, 0.6) is 0 Å². The molecular formula is C18H25ClF3N3O2. The van der Waals surface area contributed by atoms with Crippen LogP contribution in [0, 0.1) is 5.92 Å². The van der Waals surface area contributed by atoms with Crippen molar-refractivity contribution >= 4 is 24.2 Å². The SMILES string of the molecule is CNC(C)CNC(=O)C1CCN(C(=O)c2ccc(C(F)(F)F)cc2)CC1.Cl. The predicted octanol–water partition coefficient (Wildman–Crippen LogP) is 2.70. The van der Waals surface area contributed by atoms with Gasteiger partial charge < -0.3 is 15.5 Å². The Bertz CT molecular complexity index is 630. The molecule has 0 aliphatic carbocycles. The highest BCUT2D eigenvalue weighted by Gasteiger charge is 2.31. The summed E-state index contributed by atoms with van der Waals surface area (Å²) in [5.74, 6) is -0.467. The lowest BCUT2D eigenvalue weighted by Gasteiger charge is -2.31. The van der Waals surface area contributed by atoms with Gasteiger partial charge in [0.1, 0.15) is 0 Å². The molecule has 2 N–H and O–H groups in total. The zero-order valence-electron chi connectivity index (χ0n) is 15.3. The molecule has 1 unspecified atom stereocenters. The van der Waals surface area contributed by atoms with Crippen molar-refractivity contribution in [2.45, 2.75) is 32.0 Å². The molecule has 9 heteroatoms. The number of nitrogens with zero attached hydrogens (tertiary/aromatic N) is 1. The number of likely N-dealkylation sites (N-methyl/N-ethyl adjacent to an activating group) is 1. The molecule has 0 saturated carbocycles. The molecule has 152 valence electrons. The predicted molar refractivity (Wildman–Crippen MR) is 98.9 cm³/mol. The number of piperidine rings is 1. The summed E-state index contributed by atoms with van der Waals surface area (Å²) in [5, 5.41) is 5.93. The van der Waals surface area contributed by atoms with E-state index in [4.69, 9.17) is 0 Å². The van der Waals surface area contributed by atoms with E-state index in [2.05, 4.69) is 10.6 Å². The molecule has 0 spiro atoms. The summed E-state index contributed by atoms with van der Waals surface area (Å²) >= 11 is 0. The number of nitrogens with one attached hydrogen (secondary N) is 2. The fourth-order valence-electron chi connectivity index (χ4n) is 2.83. The monoisotopic (exact) mass is 407 g/mol. The molecule has 1 heterocycles. The summed E-state index contributed by atoms with van der Waals surface area (Å²) < 4.78 is 37.8. The third-order valence-electron chi connectivity index (χ3n) is 4.69. The normalized spacial score (nSPS) is 16.4. The van der Waals surface area contributed by atoms with Crippen LogP contribution in [0.1, 0.15) is 35.7 Å². The first kappa shape index (κ1) is 23.2. The maximum atomic E-state index is 12.6. The minimum Gasteiger partial charge on any atom is -0.354 e. The van der Waals surface area contributed by atoms with Crippen LogP contribution in [0.4, 0.5) is 13.2 Å². The van der Waals surface area contributed by atoms with Crippen LogP contribution in [0.15, 0.2) is 24.3 Å². The maximum absolute atomic E-state index is 12.6. The maximum Gasteiger partial charge on any atom is 0.416 e. The summed E-state index contributed by atoms with van der Waals surface area (Å²) in [7, 11) is 1.82. The number of halogens is 4. The van der Waals surface area contributed by atoms with E-state index in [-0.39, 0.29) is 41.7 Å². The number of likely N-dealkylation sites (tertiary alicyclic amines) is 1. The van der Waals surface area contributed by atoms with Crippen LogP contribution in [0.2, 0.25) is 0 Å². The van der Waals surface area contributed by atoms with Crippen molar-refractivity contribution in [1.29, 1.82) is 0 Å². The Labute approximate surface area is 163 Å². The summed E-state index contributed by atoms with van der Waals surface area (Å²) in [6.45, 7) is 3.34. The molecule has 5 nitrogen and oxygen atoms in total. The zero-order chi connectivity index (χ0) is 19.3. The van der Waals surface area contributed by atoms with Gasteiger partial charge in [0.2, 0.25) is 5.91 Å². The first-order valence-electron chi connectivity index (χ1n) is 8.64. The van der Waals surface area contributed by atoms with Gasteiger partial charge in [0, 0.05) is 37.2 Å². The quantitative estimate of drug-likeness (QED) is 0.789. The van der Waals surface area contributed by atoms with Gasteiger partial charge in [-0.25, -0.2) is 0 Å². The van der Waals surface area contributed by atoms with E-state index in [1.165, 1.54) is 12.1 Å². The lowest BCUT2D eigenvalue weighted by Crippen LogP contribution is -2.45. The van der Waals surface area contributed by atoms with Crippen molar-refractivity contribution in [2.75, 3.05) is 26.7 Å². The molecule has 0 bridgehead atoms. The number of benzene rings is 1. The van der Waals surface area contributed by atoms with E-state index in [1.54, 1.807) is 4.90 Å². The molecule has 27 heavy (non-hydrogen) atoms. The largest absolute Gasteiger partial charge is 0.416 e. The standard InChI is InChI=1S/C18H24F3N3O2.ClH/c1-12(22-2)11-23-16(25)13-7-9-24(10-8-13)17(26)14-3-5-15(6-4-14)18(19,20)21;/h3-6,12-13,22H,7-11H2,1-2H3,(H,23,25);1H. The molecule has 2 rings (SSSR count). The summed E-state index contributed by atoms with van der Waals surface area (Å²) in [6, 6.07) is 4.40. The fraction of sp³-hybridized carbons (Fsp3) is 0.556. The van der Waals surface area contributed by atoms with E-state index in [9.17, 15) is 22.8 Å².